The summed E-state index contributed by atoms with van der Waals surface area (Å²) in [4.78, 5) is 28.6. The Hall–Kier alpha value is -2.70. The molecule has 0 radical (unpaired) electrons. The van der Waals surface area contributed by atoms with Crippen molar-refractivity contribution >= 4 is 11.8 Å². The number of fused-ring (bicyclic) bond motifs is 1. The first-order valence-corrected chi connectivity index (χ1v) is 10.9. The lowest BCUT2D eigenvalue weighted by Gasteiger charge is -2.32. The molecule has 3 fully saturated rings. The van der Waals surface area contributed by atoms with Gasteiger partial charge in [0, 0.05) is 12.6 Å². The van der Waals surface area contributed by atoms with Crippen molar-refractivity contribution in [3.63, 3.8) is 0 Å². The van der Waals surface area contributed by atoms with Crippen LogP contribution < -0.4 is 5.43 Å². The van der Waals surface area contributed by atoms with E-state index in [-0.39, 0.29) is 29.6 Å². The van der Waals surface area contributed by atoms with Gasteiger partial charge in [0.05, 0.1) is 12.0 Å². The van der Waals surface area contributed by atoms with Crippen LogP contribution >= 0.6 is 0 Å². The summed E-state index contributed by atoms with van der Waals surface area (Å²) in [6.07, 6.45) is 5.14. The van der Waals surface area contributed by atoms with Gasteiger partial charge >= 0.3 is 0 Å². The first-order valence-electron chi connectivity index (χ1n) is 10.9. The van der Waals surface area contributed by atoms with Crippen LogP contribution in [0.25, 0.3) is 0 Å². The van der Waals surface area contributed by atoms with Gasteiger partial charge in [-0.1, -0.05) is 61.7 Å². The normalized spacial score (nSPS) is 27.6. The molecule has 156 valence electrons. The summed E-state index contributed by atoms with van der Waals surface area (Å²) in [6.45, 7) is 0.550. The molecule has 6 heteroatoms. The number of nitrogens with one attached hydrogen (secondary N) is 1. The number of hydrogen-bond acceptors (Lipinski definition) is 5. The van der Waals surface area contributed by atoms with E-state index in [9.17, 15) is 14.7 Å². The van der Waals surface area contributed by atoms with Gasteiger partial charge in [0.1, 0.15) is 11.8 Å². The molecule has 1 aliphatic carbocycles. The van der Waals surface area contributed by atoms with Gasteiger partial charge in [0.25, 0.3) is 0 Å². The number of phenols is 1. The molecule has 2 N–H and O–H groups in total. The Bertz CT molecular complexity index is 924. The number of likely N-dealkylation sites (tertiary alicyclic amines) is 1. The van der Waals surface area contributed by atoms with Gasteiger partial charge in [-0.15, -0.1) is 0 Å². The summed E-state index contributed by atoms with van der Waals surface area (Å²) in [5.41, 5.74) is 5.44. The molecule has 2 saturated heterocycles. The average Bonchev–Trinajstić information content (AvgIpc) is 3.26. The lowest BCUT2D eigenvalue weighted by Crippen LogP contribution is -2.48. The molecule has 1 saturated carbocycles. The van der Waals surface area contributed by atoms with E-state index in [1.807, 2.05) is 47.5 Å². The zero-order valence-corrected chi connectivity index (χ0v) is 16.9. The van der Waals surface area contributed by atoms with Crippen molar-refractivity contribution in [1.82, 2.24) is 15.3 Å². The molecule has 0 unspecified atom stereocenters. The highest BCUT2D eigenvalue weighted by atomic mass is 16.3. The van der Waals surface area contributed by atoms with E-state index in [0.29, 0.717) is 6.54 Å². The molecule has 2 aliphatic heterocycles. The average molecular weight is 405 g/mol. The van der Waals surface area contributed by atoms with Crippen LogP contribution in [0.4, 0.5) is 0 Å². The SMILES string of the molecule is O=C1[C@H]2[C@@H](c3ccc(O)cc3)NN(Cc3ccccc3)[C@H]2C(=O)N1C1CCCCC1. The Morgan fingerprint density at radius 2 is 1.60 bits per heavy atom. The van der Waals surface area contributed by atoms with Crippen LogP contribution in [-0.2, 0) is 16.1 Å². The van der Waals surface area contributed by atoms with Gasteiger partial charge in [-0.25, -0.2) is 10.4 Å². The lowest BCUT2D eigenvalue weighted by atomic mass is 9.90. The molecule has 3 atom stereocenters. The zero-order valence-electron chi connectivity index (χ0n) is 16.9. The third kappa shape index (κ3) is 3.30. The number of hydrazine groups is 1. The summed E-state index contributed by atoms with van der Waals surface area (Å²) in [6, 6.07) is 16.2. The second-order valence-electron chi connectivity index (χ2n) is 8.62. The Morgan fingerprint density at radius 3 is 2.30 bits per heavy atom. The molecule has 0 spiro atoms. The third-order valence-corrected chi connectivity index (χ3v) is 6.74. The minimum absolute atomic E-state index is 0.0309. The number of hydrogen-bond donors (Lipinski definition) is 2. The summed E-state index contributed by atoms with van der Waals surface area (Å²) in [5.74, 6) is -0.389. The maximum Gasteiger partial charge on any atom is 0.249 e. The van der Waals surface area contributed by atoms with Crippen LogP contribution in [0.2, 0.25) is 0 Å². The topological polar surface area (TPSA) is 72.9 Å². The Kier molecular flexibility index (Phi) is 5.05. The smallest absolute Gasteiger partial charge is 0.249 e. The number of nitrogens with zero attached hydrogens (tertiary/aromatic N) is 2. The van der Waals surface area contributed by atoms with Gasteiger partial charge in [-0.05, 0) is 36.1 Å². The van der Waals surface area contributed by atoms with Crippen molar-refractivity contribution in [2.45, 2.75) is 56.8 Å². The summed E-state index contributed by atoms with van der Waals surface area (Å²) in [5, 5.41) is 11.6. The van der Waals surface area contributed by atoms with E-state index in [1.54, 1.807) is 17.0 Å². The fourth-order valence-corrected chi connectivity index (χ4v) is 5.28. The highest BCUT2D eigenvalue weighted by Gasteiger charge is 2.59. The minimum Gasteiger partial charge on any atom is -0.508 e. The number of aromatic hydroxyl groups is 1. The largest absolute Gasteiger partial charge is 0.508 e. The van der Waals surface area contributed by atoms with Crippen LogP contribution in [0.3, 0.4) is 0 Å². The standard InChI is InChI=1S/C24H27N3O3/c28-19-13-11-17(12-14-19)21-20-22(26(25-21)15-16-7-3-1-4-8-16)24(30)27(23(20)29)18-9-5-2-6-10-18/h1,3-4,7-8,11-14,18,20-22,25,28H,2,5-6,9-10,15H2/t20-,21+,22+/m0/s1. The van der Waals surface area contributed by atoms with Crippen molar-refractivity contribution in [1.29, 1.82) is 0 Å². The molecule has 2 aromatic carbocycles. The van der Waals surface area contributed by atoms with E-state index in [1.165, 1.54) is 6.42 Å². The fourth-order valence-electron chi connectivity index (χ4n) is 5.28. The lowest BCUT2D eigenvalue weighted by molar-refractivity contribution is -0.145. The molecule has 2 heterocycles. The Morgan fingerprint density at radius 1 is 0.900 bits per heavy atom. The van der Waals surface area contributed by atoms with E-state index in [2.05, 4.69) is 5.43 Å². The molecule has 30 heavy (non-hydrogen) atoms. The Labute approximate surface area is 176 Å². The van der Waals surface area contributed by atoms with Crippen LogP contribution in [0.1, 0.15) is 49.3 Å². The summed E-state index contributed by atoms with van der Waals surface area (Å²) >= 11 is 0. The number of carbonyl (C=O) groups excluding carboxylic acids is 2. The number of benzene rings is 2. The molecule has 0 aromatic heterocycles. The van der Waals surface area contributed by atoms with E-state index in [4.69, 9.17) is 0 Å². The highest BCUT2D eigenvalue weighted by Crippen LogP contribution is 2.43. The summed E-state index contributed by atoms with van der Waals surface area (Å²) in [7, 11) is 0. The fraction of sp³-hybridized carbons (Fsp3) is 0.417. The number of imide groups is 1. The molecule has 0 bridgehead atoms. The van der Waals surface area contributed by atoms with Crippen LogP contribution in [0.5, 0.6) is 5.75 Å². The van der Waals surface area contributed by atoms with E-state index < -0.39 is 12.0 Å². The number of phenolic OH excluding ortho intramolecular Hbond substituents is 1. The number of carbonyl (C=O) groups is 2. The van der Waals surface area contributed by atoms with Gasteiger partial charge in [0.15, 0.2) is 0 Å². The van der Waals surface area contributed by atoms with Crippen molar-refractivity contribution in [3.05, 3.63) is 65.7 Å². The van der Waals surface area contributed by atoms with Gasteiger partial charge in [-0.2, -0.15) is 0 Å². The van der Waals surface area contributed by atoms with Crippen molar-refractivity contribution in [2.24, 2.45) is 5.92 Å². The first-order chi connectivity index (χ1) is 14.6. The van der Waals surface area contributed by atoms with Gasteiger partial charge in [0.2, 0.25) is 11.8 Å². The second kappa shape index (κ2) is 7.85. The molecular formula is C24H27N3O3. The van der Waals surface area contributed by atoms with Crippen LogP contribution in [0.15, 0.2) is 54.6 Å². The van der Waals surface area contributed by atoms with Crippen LogP contribution in [-0.4, -0.2) is 38.9 Å². The minimum atomic E-state index is -0.501. The molecule has 3 aliphatic rings. The molecular weight excluding hydrogens is 378 g/mol. The Balaban J connectivity index is 1.49. The predicted molar refractivity (Wildman–Crippen MR) is 112 cm³/mol. The molecule has 2 aromatic rings. The highest BCUT2D eigenvalue weighted by molar-refractivity contribution is 6.08. The number of rotatable bonds is 4. The quantitative estimate of drug-likeness (QED) is 0.765. The molecule has 6 nitrogen and oxygen atoms in total. The van der Waals surface area contributed by atoms with Crippen LogP contribution in [0, 0.1) is 5.92 Å². The van der Waals surface area contributed by atoms with E-state index in [0.717, 1.165) is 36.8 Å². The van der Waals surface area contributed by atoms with Crippen molar-refractivity contribution in [2.75, 3.05) is 0 Å². The maximum absolute atomic E-state index is 13.5. The second-order valence-corrected chi connectivity index (χ2v) is 8.62. The van der Waals surface area contributed by atoms with Gasteiger partial charge in [-0.3, -0.25) is 14.5 Å². The van der Waals surface area contributed by atoms with Gasteiger partial charge < -0.3 is 5.11 Å². The monoisotopic (exact) mass is 405 g/mol. The van der Waals surface area contributed by atoms with Crippen molar-refractivity contribution < 1.29 is 14.7 Å². The maximum atomic E-state index is 13.5. The van der Waals surface area contributed by atoms with Crippen molar-refractivity contribution in [3.8, 4) is 5.75 Å². The first kappa shape index (κ1) is 19.3. The molecule has 5 rings (SSSR count). The number of amides is 2. The predicted octanol–water partition coefficient (Wildman–Crippen LogP) is 3.14. The van der Waals surface area contributed by atoms with E-state index >= 15 is 0 Å². The molecule has 2 amide bonds. The zero-order chi connectivity index (χ0) is 20.7. The third-order valence-electron chi connectivity index (χ3n) is 6.74. The summed E-state index contributed by atoms with van der Waals surface area (Å²) < 4.78 is 0.